The lowest BCUT2D eigenvalue weighted by atomic mass is 9.49. The lowest BCUT2D eigenvalue weighted by Crippen LogP contribution is -2.74. The van der Waals surface area contributed by atoms with Crippen LogP contribution in [0.4, 0.5) is 17.5 Å². The Balaban J connectivity index is 0.687. The summed E-state index contributed by atoms with van der Waals surface area (Å²) < 4.78 is 10.8. The van der Waals surface area contributed by atoms with Gasteiger partial charge < -0.3 is 29.7 Å². The molecule has 6 aliphatic rings. The fourth-order valence-electron chi connectivity index (χ4n) is 13.9. The first-order valence-corrected chi connectivity index (χ1v) is 26.1. The van der Waals surface area contributed by atoms with Gasteiger partial charge in [-0.3, -0.25) is 19.0 Å². The Morgan fingerprint density at radius 1 is 0.873 bits per heavy atom. The Hall–Kier alpha value is -6.27. The van der Waals surface area contributed by atoms with E-state index in [2.05, 4.69) is 88.8 Å². The van der Waals surface area contributed by atoms with Crippen LogP contribution in [-0.4, -0.2) is 109 Å². The van der Waals surface area contributed by atoms with Gasteiger partial charge in [0.1, 0.15) is 11.9 Å². The number of nitrogens with one attached hydrogen (secondary N) is 1. The molecule has 7 heterocycles. The number of amides is 2. The van der Waals surface area contributed by atoms with Gasteiger partial charge in [-0.05, 0) is 118 Å². The van der Waals surface area contributed by atoms with Crippen LogP contribution in [-0.2, 0) is 31.2 Å². The van der Waals surface area contributed by atoms with Crippen molar-refractivity contribution in [3.05, 3.63) is 94.2 Å². The summed E-state index contributed by atoms with van der Waals surface area (Å²) in [6.45, 7) is 20.7. The number of likely N-dealkylation sites (tertiary alicyclic amines) is 1. The summed E-state index contributed by atoms with van der Waals surface area (Å²) in [6.07, 6.45) is 17.2. The highest BCUT2D eigenvalue weighted by molar-refractivity contribution is 5.94. The second-order valence-electron chi connectivity index (χ2n) is 23.1. The number of nitriles is 1. The Labute approximate surface area is 418 Å². The maximum Gasteiger partial charge on any atom is 0.254 e. The van der Waals surface area contributed by atoms with Crippen LogP contribution in [0.2, 0.25) is 0 Å². The van der Waals surface area contributed by atoms with E-state index in [0.717, 1.165) is 94.1 Å². The third-order valence-electron chi connectivity index (χ3n) is 17.6. The normalized spacial score (nSPS) is 22.8. The number of piperidine rings is 1. The van der Waals surface area contributed by atoms with Gasteiger partial charge in [-0.1, -0.05) is 27.7 Å². The average molecular weight is 959 g/mol. The minimum atomic E-state index is -0.330. The Bertz CT molecular complexity index is 2890. The standard InChI is InChI=1S/C56H70N12O3/c1-35-24-44(12-11-39(35)27-57)71-52-54(4,5)51(55(52,6)7)61-50(70)40-28-58-53(59-29-40)66-33-56(34-66)18-13-42(14-19-56)64-21-15-43(16-22-64)68-47-17-23-65(37(3)69)32-46(47)49(62-68)67-20-9-10-38-26-45(36(2)25-48(38)67)41-30-60-63(8)31-41/h11-12,24-26,28-31,42-43,51-52H,9-10,13-23,32-34H2,1-8H3,(H,61,70). The number of aromatic nitrogens is 6. The summed E-state index contributed by atoms with van der Waals surface area (Å²) >= 11 is 0. The zero-order chi connectivity index (χ0) is 49.6. The maximum atomic E-state index is 13.6. The molecule has 3 aromatic heterocycles. The van der Waals surface area contributed by atoms with Crippen molar-refractivity contribution in [1.29, 1.82) is 5.26 Å². The third-order valence-corrected chi connectivity index (χ3v) is 17.6. The highest BCUT2D eigenvalue weighted by Crippen LogP contribution is 2.56. The fraction of sp³-hybridized carbons (Fsp3) is 0.554. The van der Waals surface area contributed by atoms with E-state index in [1.54, 1.807) is 25.4 Å². The molecule has 1 spiro atoms. The summed E-state index contributed by atoms with van der Waals surface area (Å²) in [7, 11) is 1.97. The highest BCUT2D eigenvalue weighted by Gasteiger charge is 2.64. The summed E-state index contributed by atoms with van der Waals surface area (Å²) in [5.74, 6) is 2.41. The number of carbonyl (C=O) groups is 2. The smallest absolute Gasteiger partial charge is 0.254 e. The van der Waals surface area contributed by atoms with E-state index >= 15 is 0 Å². The number of aryl methyl sites for hydroxylation is 4. The summed E-state index contributed by atoms with van der Waals surface area (Å²) in [5.41, 5.74) is 10.4. The molecule has 0 bridgehead atoms. The average Bonchev–Trinajstić information content (AvgIpc) is 3.97. The van der Waals surface area contributed by atoms with Crippen LogP contribution in [0.5, 0.6) is 5.75 Å². The van der Waals surface area contributed by atoms with E-state index in [-0.39, 0.29) is 34.8 Å². The van der Waals surface area contributed by atoms with Crippen molar-refractivity contribution >= 4 is 29.3 Å². The van der Waals surface area contributed by atoms with Gasteiger partial charge in [-0.25, -0.2) is 9.97 Å². The molecule has 2 aromatic carbocycles. The highest BCUT2D eigenvalue weighted by atomic mass is 16.5. The van der Waals surface area contributed by atoms with Gasteiger partial charge in [0.25, 0.3) is 5.91 Å². The minimum absolute atomic E-state index is 0.123. The molecule has 2 aliphatic carbocycles. The Morgan fingerprint density at radius 3 is 2.27 bits per heavy atom. The van der Waals surface area contributed by atoms with Crippen molar-refractivity contribution in [3.8, 4) is 22.9 Å². The van der Waals surface area contributed by atoms with Crippen molar-refractivity contribution in [2.24, 2.45) is 23.3 Å². The van der Waals surface area contributed by atoms with Gasteiger partial charge in [-0.15, -0.1) is 0 Å². The van der Waals surface area contributed by atoms with E-state index < -0.39 is 0 Å². The van der Waals surface area contributed by atoms with Gasteiger partial charge >= 0.3 is 0 Å². The Kier molecular flexibility index (Phi) is 11.8. The Morgan fingerprint density at radius 2 is 1.61 bits per heavy atom. The number of anilines is 3. The van der Waals surface area contributed by atoms with Crippen molar-refractivity contribution in [2.75, 3.05) is 49.1 Å². The maximum absolute atomic E-state index is 13.6. The first-order chi connectivity index (χ1) is 34.0. The molecule has 71 heavy (non-hydrogen) atoms. The largest absolute Gasteiger partial charge is 0.489 e. The molecular formula is C56H70N12O3. The number of ether oxygens (including phenoxy) is 1. The second kappa shape index (κ2) is 17.8. The first-order valence-electron chi connectivity index (χ1n) is 26.1. The molecule has 1 N–H and O–H groups in total. The SMILES string of the molecule is CC(=O)N1CCc2c(c(N3CCCc4cc(-c5cnn(C)c5)c(C)cc43)nn2C2CCN(C3CCC4(CC3)CN(c3ncc(C(=O)NC5C(C)(C)C(Oc6ccc(C#N)c(C)c6)C5(C)C)cn3)C4)CC2)C1. The van der Waals surface area contributed by atoms with E-state index in [1.807, 2.05) is 41.9 Å². The predicted octanol–water partition coefficient (Wildman–Crippen LogP) is 8.25. The van der Waals surface area contributed by atoms with Crippen molar-refractivity contribution in [1.82, 2.24) is 44.6 Å². The van der Waals surface area contributed by atoms with Gasteiger partial charge in [0.05, 0.1) is 36.0 Å². The lowest BCUT2D eigenvalue weighted by molar-refractivity contribution is -0.164. The molecule has 2 amide bonds. The number of rotatable bonds is 9. The van der Waals surface area contributed by atoms with Gasteiger partial charge in [0, 0.05) is 129 Å². The topological polar surface area (TPSA) is 154 Å². The second-order valence-corrected chi connectivity index (χ2v) is 23.1. The quantitative estimate of drug-likeness (QED) is 0.152. The molecule has 11 rings (SSSR count). The van der Waals surface area contributed by atoms with E-state index in [4.69, 9.17) is 19.8 Å². The number of hydrogen-bond acceptors (Lipinski definition) is 11. The minimum Gasteiger partial charge on any atom is -0.489 e. The monoisotopic (exact) mass is 959 g/mol. The zero-order valence-electron chi connectivity index (χ0n) is 43.0. The lowest BCUT2D eigenvalue weighted by Gasteiger charge is -2.63. The molecule has 2 saturated heterocycles. The molecule has 4 fully saturated rings. The van der Waals surface area contributed by atoms with Crippen molar-refractivity contribution in [2.45, 2.75) is 137 Å². The van der Waals surface area contributed by atoms with Crippen LogP contribution in [0.1, 0.15) is 129 Å². The molecule has 0 atom stereocenters. The molecule has 4 aliphatic heterocycles. The molecule has 0 unspecified atom stereocenters. The predicted molar refractivity (Wildman–Crippen MR) is 274 cm³/mol. The van der Waals surface area contributed by atoms with Crippen molar-refractivity contribution < 1.29 is 14.3 Å². The molecule has 372 valence electrons. The van der Waals surface area contributed by atoms with E-state index in [0.29, 0.717) is 41.1 Å². The van der Waals surface area contributed by atoms with Crippen molar-refractivity contribution in [3.63, 3.8) is 0 Å². The van der Waals surface area contributed by atoms with Gasteiger partial charge in [0.15, 0.2) is 5.82 Å². The van der Waals surface area contributed by atoms with E-state index in [9.17, 15) is 14.9 Å². The van der Waals surface area contributed by atoms with Crippen LogP contribution in [0.15, 0.2) is 55.1 Å². The van der Waals surface area contributed by atoms with Crippen LogP contribution >= 0.6 is 0 Å². The molecule has 2 saturated carbocycles. The van der Waals surface area contributed by atoms with Crippen LogP contribution in [0.3, 0.4) is 0 Å². The fourth-order valence-corrected chi connectivity index (χ4v) is 13.9. The van der Waals surface area contributed by atoms with Crippen LogP contribution in [0.25, 0.3) is 11.1 Å². The molecule has 15 heteroatoms. The number of nitrogens with zero attached hydrogens (tertiary/aromatic N) is 11. The number of fused-ring (bicyclic) bond motifs is 2. The summed E-state index contributed by atoms with van der Waals surface area (Å²) in [5, 5.41) is 22.6. The molecule has 5 aromatic rings. The van der Waals surface area contributed by atoms with Gasteiger partial charge in [0.2, 0.25) is 11.9 Å². The summed E-state index contributed by atoms with van der Waals surface area (Å²) in [4.78, 5) is 45.2. The third kappa shape index (κ3) is 8.33. The number of hydrogen-bond donors (Lipinski definition) is 1. The number of carbonyl (C=O) groups excluding carboxylic acids is 2. The number of benzene rings is 2. The first kappa shape index (κ1) is 47.1. The molecule has 0 radical (unpaired) electrons. The van der Waals surface area contributed by atoms with Gasteiger partial charge in [-0.2, -0.15) is 15.5 Å². The van der Waals surface area contributed by atoms with Crippen LogP contribution < -0.4 is 19.9 Å². The summed E-state index contributed by atoms with van der Waals surface area (Å²) in [6, 6.07) is 13.3. The zero-order valence-corrected chi connectivity index (χ0v) is 43.0. The van der Waals surface area contributed by atoms with Crippen LogP contribution in [0, 0.1) is 41.4 Å². The molecular weight excluding hydrogens is 889 g/mol. The van der Waals surface area contributed by atoms with E-state index in [1.165, 1.54) is 59.3 Å². The molecule has 15 nitrogen and oxygen atoms in total.